The fraction of sp³-hybridized carbons (Fsp3) is 0.357. The van der Waals surface area contributed by atoms with Gasteiger partial charge in [-0.2, -0.15) is 0 Å². The van der Waals surface area contributed by atoms with Crippen molar-refractivity contribution < 1.29 is 19.1 Å². The number of ether oxygens (including phenoxy) is 1. The fourth-order valence-corrected chi connectivity index (χ4v) is 2.79. The SMILES string of the molecule is CC1(C)CC(=O)c2c(ccc3c2C(=O)OC3=O)C1. The molecule has 92 valence electrons. The number of hydrogen-bond acceptors (Lipinski definition) is 4. The van der Waals surface area contributed by atoms with Crippen LogP contribution in [0.2, 0.25) is 0 Å². The van der Waals surface area contributed by atoms with Crippen LogP contribution < -0.4 is 0 Å². The summed E-state index contributed by atoms with van der Waals surface area (Å²) in [6.45, 7) is 4.04. The highest BCUT2D eigenvalue weighted by atomic mass is 16.6. The van der Waals surface area contributed by atoms with E-state index in [2.05, 4.69) is 4.74 Å². The Morgan fingerprint density at radius 2 is 1.72 bits per heavy atom. The van der Waals surface area contributed by atoms with Gasteiger partial charge in [0.1, 0.15) is 0 Å². The molecule has 0 atom stereocenters. The van der Waals surface area contributed by atoms with E-state index in [0.717, 1.165) is 12.0 Å². The van der Waals surface area contributed by atoms with Gasteiger partial charge in [0.25, 0.3) is 0 Å². The number of ketones is 1. The lowest BCUT2D eigenvalue weighted by Crippen LogP contribution is -2.28. The van der Waals surface area contributed by atoms with Crippen LogP contribution in [0, 0.1) is 5.41 Å². The Morgan fingerprint density at radius 1 is 1.00 bits per heavy atom. The lowest BCUT2D eigenvalue weighted by atomic mass is 9.72. The molecule has 1 heterocycles. The van der Waals surface area contributed by atoms with Crippen molar-refractivity contribution in [3.63, 3.8) is 0 Å². The molecule has 1 aliphatic heterocycles. The third-order valence-electron chi connectivity index (χ3n) is 3.49. The standard InChI is InChI=1S/C14H12O4/c1-14(2)5-7-3-4-8-11(10(7)9(15)6-14)13(17)18-12(8)16/h3-4H,5-6H2,1-2H3. The van der Waals surface area contributed by atoms with Crippen molar-refractivity contribution >= 4 is 17.7 Å². The molecule has 0 spiro atoms. The zero-order valence-corrected chi connectivity index (χ0v) is 10.2. The molecular formula is C14H12O4. The Morgan fingerprint density at radius 3 is 2.44 bits per heavy atom. The number of esters is 2. The second-order valence-electron chi connectivity index (χ2n) is 5.64. The third-order valence-corrected chi connectivity index (χ3v) is 3.49. The molecule has 4 heteroatoms. The van der Waals surface area contributed by atoms with Crippen LogP contribution >= 0.6 is 0 Å². The van der Waals surface area contributed by atoms with Crippen molar-refractivity contribution in [3.8, 4) is 0 Å². The second kappa shape index (κ2) is 3.28. The van der Waals surface area contributed by atoms with Crippen LogP contribution in [0.3, 0.4) is 0 Å². The fourth-order valence-electron chi connectivity index (χ4n) is 2.79. The molecule has 4 nitrogen and oxygen atoms in total. The van der Waals surface area contributed by atoms with E-state index >= 15 is 0 Å². The molecule has 0 saturated heterocycles. The van der Waals surface area contributed by atoms with Crippen molar-refractivity contribution in [1.29, 1.82) is 0 Å². The number of carbonyl (C=O) groups excluding carboxylic acids is 3. The van der Waals surface area contributed by atoms with E-state index in [0.29, 0.717) is 12.0 Å². The molecule has 0 aromatic heterocycles. The number of benzene rings is 1. The molecule has 3 rings (SSSR count). The van der Waals surface area contributed by atoms with Gasteiger partial charge < -0.3 is 4.74 Å². The molecule has 18 heavy (non-hydrogen) atoms. The van der Waals surface area contributed by atoms with Crippen LogP contribution in [-0.4, -0.2) is 17.7 Å². The predicted molar refractivity (Wildman–Crippen MR) is 62.6 cm³/mol. The molecule has 1 aliphatic carbocycles. The highest BCUT2D eigenvalue weighted by Crippen LogP contribution is 2.38. The lowest BCUT2D eigenvalue weighted by Gasteiger charge is -2.30. The van der Waals surface area contributed by atoms with Crippen molar-refractivity contribution in [2.45, 2.75) is 26.7 Å². The summed E-state index contributed by atoms with van der Waals surface area (Å²) in [4.78, 5) is 35.3. The monoisotopic (exact) mass is 244 g/mol. The van der Waals surface area contributed by atoms with Gasteiger partial charge in [-0.3, -0.25) is 4.79 Å². The molecule has 0 saturated carbocycles. The van der Waals surface area contributed by atoms with E-state index in [-0.39, 0.29) is 22.3 Å². The number of rotatable bonds is 0. The number of hydrogen-bond donors (Lipinski definition) is 0. The van der Waals surface area contributed by atoms with E-state index < -0.39 is 11.9 Å². The molecule has 0 bridgehead atoms. The molecule has 1 aromatic carbocycles. The molecule has 0 radical (unpaired) electrons. The average molecular weight is 244 g/mol. The van der Waals surface area contributed by atoms with Gasteiger partial charge in [0, 0.05) is 12.0 Å². The van der Waals surface area contributed by atoms with Crippen LogP contribution in [0.25, 0.3) is 0 Å². The van der Waals surface area contributed by atoms with E-state index in [1.165, 1.54) is 0 Å². The van der Waals surface area contributed by atoms with Crippen molar-refractivity contribution in [1.82, 2.24) is 0 Å². The third kappa shape index (κ3) is 1.41. The zero-order valence-electron chi connectivity index (χ0n) is 10.2. The molecule has 0 fully saturated rings. The molecular weight excluding hydrogens is 232 g/mol. The van der Waals surface area contributed by atoms with E-state index in [4.69, 9.17) is 0 Å². The first-order chi connectivity index (χ1) is 8.39. The summed E-state index contributed by atoms with van der Waals surface area (Å²) in [5.41, 5.74) is 1.50. The first-order valence-electron chi connectivity index (χ1n) is 5.85. The smallest absolute Gasteiger partial charge is 0.347 e. The van der Waals surface area contributed by atoms with Gasteiger partial charge in [0.15, 0.2) is 5.78 Å². The number of cyclic esters (lactones) is 2. The Labute approximate surface area is 104 Å². The van der Waals surface area contributed by atoms with Crippen molar-refractivity contribution in [3.05, 3.63) is 34.4 Å². The zero-order chi connectivity index (χ0) is 13.1. The van der Waals surface area contributed by atoms with Crippen molar-refractivity contribution in [2.75, 3.05) is 0 Å². The highest BCUT2D eigenvalue weighted by Gasteiger charge is 2.40. The van der Waals surface area contributed by atoms with Crippen LogP contribution in [0.4, 0.5) is 0 Å². The Balaban J connectivity index is 2.27. The van der Waals surface area contributed by atoms with Gasteiger partial charge in [-0.15, -0.1) is 0 Å². The minimum Gasteiger partial charge on any atom is -0.386 e. The summed E-state index contributed by atoms with van der Waals surface area (Å²) in [6, 6.07) is 3.34. The lowest BCUT2D eigenvalue weighted by molar-refractivity contribution is 0.0441. The summed E-state index contributed by atoms with van der Waals surface area (Å²) in [7, 11) is 0. The summed E-state index contributed by atoms with van der Waals surface area (Å²) < 4.78 is 4.57. The van der Waals surface area contributed by atoms with Gasteiger partial charge in [-0.1, -0.05) is 19.9 Å². The summed E-state index contributed by atoms with van der Waals surface area (Å²) in [5, 5.41) is 0. The van der Waals surface area contributed by atoms with Gasteiger partial charge in [-0.05, 0) is 23.5 Å². The topological polar surface area (TPSA) is 60.4 Å². The second-order valence-corrected chi connectivity index (χ2v) is 5.64. The minimum absolute atomic E-state index is 0.0789. The van der Waals surface area contributed by atoms with Gasteiger partial charge >= 0.3 is 11.9 Å². The Kier molecular flexibility index (Phi) is 2.03. The van der Waals surface area contributed by atoms with E-state index in [9.17, 15) is 14.4 Å². The van der Waals surface area contributed by atoms with Gasteiger partial charge in [-0.25, -0.2) is 9.59 Å². The molecule has 1 aromatic rings. The maximum atomic E-state index is 12.2. The molecule has 2 aliphatic rings. The number of Topliss-reactive ketones (excluding diaryl/α,β-unsaturated/α-hetero) is 1. The normalized spacial score (nSPS) is 20.4. The van der Waals surface area contributed by atoms with Crippen molar-refractivity contribution in [2.24, 2.45) is 5.41 Å². The number of carbonyl (C=O) groups is 3. The molecule has 0 unspecified atom stereocenters. The molecule has 0 N–H and O–H groups in total. The van der Waals surface area contributed by atoms with Crippen LogP contribution in [-0.2, 0) is 11.2 Å². The number of fused-ring (bicyclic) bond motifs is 3. The minimum atomic E-state index is -0.695. The van der Waals surface area contributed by atoms with Gasteiger partial charge in [0.05, 0.1) is 11.1 Å². The highest BCUT2D eigenvalue weighted by molar-refractivity contribution is 6.20. The van der Waals surface area contributed by atoms with Crippen LogP contribution in [0.1, 0.15) is 56.9 Å². The predicted octanol–water partition coefficient (Wildman–Crippen LogP) is 2.15. The largest absolute Gasteiger partial charge is 0.386 e. The average Bonchev–Trinajstić information content (AvgIpc) is 2.52. The quantitative estimate of drug-likeness (QED) is 0.518. The van der Waals surface area contributed by atoms with E-state index in [1.807, 2.05) is 13.8 Å². The Hall–Kier alpha value is -1.97. The first-order valence-corrected chi connectivity index (χ1v) is 5.85. The maximum absolute atomic E-state index is 12.2. The first kappa shape index (κ1) is 11.1. The van der Waals surface area contributed by atoms with E-state index in [1.54, 1.807) is 12.1 Å². The molecule has 0 amide bonds. The maximum Gasteiger partial charge on any atom is 0.347 e. The van der Waals surface area contributed by atoms with Crippen LogP contribution in [0.15, 0.2) is 12.1 Å². The Bertz CT molecular complexity index is 610. The summed E-state index contributed by atoms with van der Waals surface area (Å²) >= 11 is 0. The summed E-state index contributed by atoms with van der Waals surface area (Å²) in [5.74, 6) is -1.43. The van der Waals surface area contributed by atoms with Gasteiger partial charge in [0.2, 0.25) is 0 Å². The van der Waals surface area contributed by atoms with Crippen LogP contribution in [0.5, 0.6) is 0 Å². The summed E-state index contributed by atoms with van der Waals surface area (Å²) in [6.07, 6.45) is 1.11.